The highest BCUT2D eigenvalue weighted by molar-refractivity contribution is 7.45. The lowest BCUT2D eigenvalue weighted by molar-refractivity contribution is -0.870. The first-order valence-electron chi connectivity index (χ1n) is 31.1. The Bertz CT molecular complexity index is 1540. The van der Waals surface area contributed by atoms with Gasteiger partial charge in [0.15, 0.2) is 0 Å². The molecule has 0 aromatic rings. The van der Waals surface area contributed by atoms with E-state index in [4.69, 9.17) is 9.05 Å². The van der Waals surface area contributed by atoms with Crippen LogP contribution in [0.2, 0.25) is 0 Å². The summed E-state index contributed by atoms with van der Waals surface area (Å²) in [4.78, 5) is 25.5. The maximum atomic E-state index is 13.0. The van der Waals surface area contributed by atoms with Crippen LogP contribution >= 0.6 is 7.82 Å². The summed E-state index contributed by atoms with van der Waals surface area (Å²) in [6.45, 7) is 4.52. The Kier molecular flexibility index (Phi) is 54.2. The van der Waals surface area contributed by atoms with E-state index < -0.39 is 26.6 Å². The average molecular weight is 1070 g/mol. The molecule has 3 unspecified atom stereocenters. The van der Waals surface area contributed by atoms with Crippen molar-refractivity contribution in [1.82, 2.24) is 5.32 Å². The van der Waals surface area contributed by atoms with Crippen molar-refractivity contribution in [2.75, 3.05) is 40.9 Å². The quantitative estimate of drug-likeness (QED) is 0.0272. The number of unbranched alkanes of at least 4 members (excludes halogenated alkanes) is 29. The molecule has 9 heteroatoms. The van der Waals surface area contributed by atoms with E-state index in [1.807, 2.05) is 27.2 Å². The van der Waals surface area contributed by atoms with Gasteiger partial charge in [-0.3, -0.25) is 9.36 Å². The lowest BCUT2D eigenvalue weighted by Crippen LogP contribution is -2.45. The molecule has 75 heavy (non-hydrogen) atoms. The summed E-state index contributed by atoms with van der Waals surface area (Å²) in [7, 11) is 1.24. The minimum absolute atomic E-state index is 0.00838. The zero-order valence-electron chi connectivity index (χ0n) is 49.5. The van der Waals surface area contributed by atoms with Crippen molar-refractivity contribution in [2.24, 2.45) is 0 Å². The van der Waals surface area contributed by atoms with Crippen LogP contribution in [0.15, 0.2) is 97.2 Å². The number of allylic oxidation sites excluding steroid dienone is 15. The molecule has 0 aromatic carbocycles. The molecular formula is C66H119N2O6P. The van der Waals surface area contributed by atoms with Crippen molar-refractivity contribution in [2.45, 2.75) is 276 Å². The van der Waals surface area contributed by atoms with Gasteiger partial charge >= 0.3 is 0 Å². The zero-order chi connectivity index (χ0) is 54.9. The third-order valence-corrected chi connectivity index (χ3v) is 14.5. The lowest BCUT2D eigenvalue weighted by Gasteiger charge is -2.29. The van der Waals surface area contributed by atoms with Crippen LogP contribution < -0.4 is 10.2 Å². The summed E-state index contributed by atoms with van der Waals surface area (Å²) in [5, 5.41) is 13.9. The van der Waals surface area contributed by atoms with Crippen LogP contribution in [0.4, 0.5) is 0 Å². The van der Waals surface area contributed by atoms with Crippen LogP contribution in [-0.2, 0) is 18.4 Å². The van der Waals surface area contributed by atoms with E-state index in [0.717, 1.165) is 77.0 Å². The summed E-state index contributed by atoms with van der Waals surface area (Å²) in [6.07, 6.45) is 80.8. The molecule has 2 N–H and O–H groups in total. The van der Waals surface area contributed by atoms with Gasteiger partial charge in [0.2, 0.25) is 5.91 Å². The van der Waals surface area contributed by atoms with Crippen LogP contribution in [0, 0.1) is 0 Å². The third-order valence-electron chi connectivity index (χ3n) is 13.5. The molecule has 0 fully saturated rings. The average Bonchev–Trinajstić information content (AvgIpc) is 3.37. The van der Waals surface area contributed by atoms with Gasteiger partial charge in [0.05, 0.1) is 39.9 Å². The Hall–Kier alpha value is -2.58. The normalized spacial score (nSPS) is 14.5. The van der Waals surface area contributed by atoms with Crippen molar-refractivity contribution in [3.05, 3.63) is 97.2 Å². The van der Waals surface area contributed by atoms with Crippen molar-refractivity contribution in [1.29, 1.82) is 0 Å². The standard InChI is InChI=1S/C66H119N2O6P/c1-6-8-10-12-14-16-18-20-22-24-25-26-27-28-29-30-31-32-33-34-35-36-37-38-39-40-41-42-43-44-46-48-50-52-54-56-58-60-66(70)67-64(63-74-75(71,72)73-62-61-68(3,4)5)65(69)59-57-55-53-51-49-47-45-23-21-19-17-15-13-11-9-7-2/h8,10,14,16,20,22,25-26,28-29,31-32,49,51,57,59,64-65,69H,6-7,9,11-13,15,17-19,21,23-24,27,30,33-48,50,52-56,58,60-63H2,1-5H3,(H-,67,70,71,72)/b10-8-,16-14-,22-20-,26-25-,29-28-,32-31-,51-49+,59-57+. The molecule has 0 aliphatic carbocycles. The number of rotatable bonds is 56. The third kappa shape index (κ3) is 58.9. The van der Waals surface area contributed by atoms with Crippen LogP contribution in [0.3, 0.4) is 0 Å². The molecular weight excluding hydrogens is 948 g/mol. The fourth-order valence-corrected chi connectivity index (χ4v) is 9.43. The van der Waals surface area contributed by atoms with Crippen LogP contribution in [0.1, 0.15) is 264 Å². The molecule has 0 aliphatic rings. The largest absolute Gasteiger partial charge is 0.756 e. The highest BCUT2D eigenvalue weighted by atomic mass is 31.2. The highest BCUT2D eigenvalue weighted by Crippen LogP contribution is 2.38. The van der Waals surface area contributed by atoms with E-state index in [1.54, 1.807) is 6.08 Å². The number of hydrogen-bond donors (Lipinski definition) is 2. The zero-order valence-corrected chi connectivity index (χ0v) is 50.4. The molecule has 0 aromatic heterocycles. The predicted molar refractivity (Wildman–Crippen MR) is 325 cm³/mol. The lowest BCUT2D eigenvalue weighted by atomic mass is 10.0. The van der Waals surface area contributed by atoms with Gasteiger partial charge in [0.25, 0.3) is 7.82 Å². The number of aliphatic hydroxyl groups excluding tert-OH is 1. The summed E-state index contributed by atoms with van der Waals surface area (Å²) in [5.74, 6) is -0.207. The van der Waals surface area contributed by atoms with Gasteiger partial charge in [-0.15, -0.1) is 0 Å². The van der Waals surface area contributed by atoms with Gasteiger partial charge in [-0.05, 0) is 83.5 Å². The van der Waals surface area contributed by atoms with E-state index >= 15 is 0 Å². The molecule has 8 nitrogen and oxygen atoms in total. The Balaban J connectivity index is 4.04. The first-order valence-corrected chi connectivity index (χ1v) is 32.6. The number of amides is 1. The van der Waals surface area contributed by atoms with Gasteiger partial charge in [0, 0.05) is 6.42 Å². The van der Waals surface area contributed by atoms with Crippen LogP contribution in [-0.4, -0.2) is 68.5 Å². The number of likely N-dealkylation sites (N-methyl/N-ethyl adjacent to an activating group) is 1. The number of carbonyl (C=O) groups is 1. The van der Waals surface area contributed by atoms with Crippen LogP contribution in [0.25, 0.3) is 0 Å². The number of phosphoric ester groups is 1. The summed E-state index contributed by atoms with van der Waals surface area (Å²) >= 11 is 0. The van der Waals surface area contributed by atoms with Gasteiger partial charge in [-0.2, -0.15) is 0 Å². The summed E-state index contributed by atoms with van der Waals surface area (Å²) < 4.78 is 23.3. The Morgan fingerprint density at radius 1 is 0.480 bits per heavy atom. The molecule has 0 aliphatic heterocycles. The number of hydrogen-bond acceptors (Lipinski definition) is 6. The second kappa shape index (κ2) is 56.2. The van der Waals surface area contributed by atoms with E-state index in [-0.39, 0.29) is 12.5 Å². The second-order valence-electron chi connectivity index (χ2n) is 22.0. The molecule has 0 bridgehead atoms. The van der Waals surface area contributed by atoms with Crippen molar-refractivity contribution in [3.63, 3.8) is 0 Å². The fraction of sp³-hybridized carbons (Fsp3) is 0.742. The number of aliphatic hydroxyl groups is 1. The minimum Gasteiger partial charge on any atom is -0.756 e. The molecule has 434 valence electrons. The van der Waals surface area contributed by atoms with Crippen molar-refractivity contribution in [3.8, 4) is 0 Å². The molecule has 1 amide bonds. The molecule has 0 rings (SSSR count). The first kappa shape index (κ1) is 72.4. The SMILES string of the molecule is CC/C=C\C/C=C\C/C=C\C/C=C\C/C=C\C/C=C\CCCCCCCCCCCCCCCCCCCCC(=O)NC(COP(=O)([O-])OCC[N+](C)(C)C)C(O)/C=C/CC/C=C/CCCCCCCCCCCC. The molecule has 0 saturated carbocycles. The monoisotopic (exact) mass is 1070 g/mol. The van der Waals surface area contributed by atoms with Gasteiger partial charge < -0.3 is 28.8 Å². The molecule has 3 atom stereocenters. The number of carbonyl (C=O) groups excluding carboxylic acids is 1. The van der Waals surface area contributed by atoms with Gasteiger partial charge in [-0.1, -0.05) is 272 Å². The van der Waals surface area contributed by atoms with E-state index in [2.05, 4.69) is 104 Å². The Morgan fingerprint density at radius 2 is 0.827 bits per heavy atom. The van der Waals surface area contributed by atoms with E-state index in [1.165, 1.54) is 167 Å². The molecule has 0 heterocycles. The minimum atomic E-state index is -4.61. The maximum absolute atomic E-state index is 13.0. The first-order chi connectivity index (χ1) is 36.5. The van der Waals surface area contributed by atoms with Gasteiger partial charge in [0.1, 0.15) is 13.2 Å². The maximum Gasteiger partial charge on any atom is 0.268 e. The van der Waals surface area contributed by atoms with Crippen molar-refractivity contribution >= 4 is 13.7 Å². The number of quaternary nitrogens is 1. The summed E-state index contributed by atoms with van der Waals surface area (Å²) in [6, 6.07) is -0.907. The van der Waals surface area contributed by atoms with Crippen molar-refractivity contribution < 1.29 is 32.9 Å². The predicted octanol–water partition coefficient (Wildman–Crippen LogP) is 18.7. The topological polar surface area (TPSA) is 108 Å². The van der Waals surface area contributed by atoms with Crippen LogP contribution in [0.5, 0.6) is 0 Å². The van der Waals surface area contributed by atoms with E-state index in [9.17, 15) is 19.4 Å². The second-order valence-corrected chi connectivity index (χ2v) is 23.4. The Labute approximate surface area is 464 Å². The Morgan fingerprint density at radius 3 is 1.24 bits per heavy atom. The summed E-state index contributed by atoms with van der Waals surface area (Å²) in [5.41, 5.74) is 0. The smallest absolute Gasteiger partial charge is 0.268 e. The fourth-order valence-electron chi connectivity index (χ4n) is 8.70. The van der Waals surface area contributed by atoms with Gasteiger partial charge in [-0.25, -0.2) is 0 Å². The number of nitrogens with one attached hydrogen (secondary N) is 1. The number of nitrogens with zero attached hydrogens (tertiary/aromatic N) is 1. The molecule has 0 spiro atoms. The molecule has 0 saturated heterocycles. The molecule has 0 radical (unpaired) electrons. The highest BCUT2D eigenvalue weighted by Gasteiger charge is 2.23. The van der Waals surface area contributed by atoms with E-state index in [0.29, 0.717) is 17.4 Å². The number of phosphoric acid groups is 1.